The molecule has 0 fully saturated rings. The van der Waals surface area contributed by atoms with Crippen LogP contribution in [0.25, 0.3) is 0 Å². The molecule has 0 heterocycles. The number of para-hydroxylation sites is 1. The van der Waals surface area contributed by atoms with Gasteiger partial charge in [0, 0.05) is 5.69 Å². The summed E-state index contributed by atoms with van der Waals surface area (Å²) in [5, 5.41) is 3.02. The zero-order valence-electron chi connectivity index (χ0n) is 14.6. The van der Waals surface area contributed by atoms with Gasteiger partial charge in [0.2, 0.25) is 0 Å². The molecule has 0 spiro atoms. The van der Waals surface area contributed by atoms with E-state index in [-0.39, 0.29) is 5.91 Å². The van der Waals surface area contributed by atoms with Gasteiger partial charge in [-0.3, -0.25) is 4.79 Å². The minimum atomic E-state index is -0.505. The molecule has 1 atom stereocenters. The monoisotopic (exact) mass is 311 g/mol. The highest BCUT2D eigenvalue weighted by Gasteiger charge is 2.20. The van der Waals surface area contributed by atoms with Crippen LogP contribution < -0.4 is 10.1 Å². The summed E-state index contributed by atoms with van der Waals surface area (Å²) >= 11 is 0. The molecule has 2 rings (SSSR count). The Morgan fingerprint density at radius 1 is 1.00 bits per heavy atom. The number of nitrogens with one attached hydrogen (secondary N) is 1. The Balaban J connectivity index is 2.17. The molecule has 3 nitrogen and oxygen atoms in total. The lowest BCUT2D eigenvalue weighted by molar-refractivity contribution is -0.122. The maximum atomic E-state index is 12.6. The first kappa shape index (κ1) is 17.1. The molecular weight excluding hydrogens is 286 g/mol. The van der Waals surface area contributed by atoms with Crippen LogP contribution in [0.5, 0.6) is 5.75 Å². The SMILES string of the molecule is CC[C@H](Oc1cccc(C)c1C)C(=O)Nc1c(C)cccc1C. The molecule has 0 radical (unpaired) electrons. The van der Waals surface area contributed by atoms with Gasteiger partial charge in [-0.05, 0) is 62.4 Å². The van der Waals surface area contributed by atoms with Gasteiger partial charge in [0.25, 0.3) is 5.91 Å². The third-order valence-electron chi connectivity index (χ3n) is 4.22. The van der Waals surface area contributed by atoms with Crippen molar-refractivity contribution in [1.82, 2.24) is 0 Å². The molecule has 0 unspecified atom stereocenters. The standard InChI is InChI=1S/C20H25NO2/c1-6-17(23-18-12-8-9-13(2)16(18)5)20(22)21-19-14(3)10-7-11-15(19)4/h7-12,17H,6H2,1-5H3,(H,21,22)/t17-/m0/s1. The Bertz CT molecular complexity index is 687. The van der Waals surface area contributed by atoms with E-state index in [1.807, 2.05) is 71.0 Å². The largest absolute Gasteiger partial charge is 0.480 e. The summed E-state index contributed by atoms with van der Waals surface area (Å²) in [7, 11) is 0. The van der Waals surface area contributed by atoms with Gasteiger partial charge < -0.3 is 10.1 Å². The van der Waals surface area contributed by atoms with Crippen molar-refractivity contribution in [3.8, 4) is 5.75 Å². The molecule has 0 saturated heterocycles. The number of amides is 1. The van der Waals surface area contributed by atoms with Gasteiger partial charge in [0.05, 0.1) is 0 Å². The topological polar surface area (TPSA) is 38.3 Å². The second-order valence-electron chi connectivity index (χ2n) is 5.97. The first-order valence-electron chi connectivity index (χ1n) is 8.04. The Kier molecular flexibility index (Phi) is 5.43. The first-order valence-corrected chi connectivity index (χ1v) is 8.04. The summed E-state index contributed by atoms with van der Waals surface area (Å²) < 4.78 is 5.98. The van der Waals surface area contributed by atoms with E-state index in [0.717, 1.165) is 33.7 Å². The molecular formula is C20H25NO2. The van der Waals surface area contributed by atoms with Crippen LogP contribution in [-0.2, 0) is 4.79 Å². The van der Waals surface area contributed by atoms with Crippen molar-refractivity contribution in [2.75, 3.05) is 5.32 Å². The van der Waals surface area contributed by atoms with Gasteiger partial charge in [-0.25, -0.2) is 0 Å². The van der Waals surface area contributed by atoms with Crippen LogP contribution in [0.1, 0.15) is 35.6 Å². The van der Waals surface area contributed by atoms with Crippen molar-refractivity contribution in [2.45, 2.75) is 47.1 Å². The second kappa shape index (κ2) is 7.32. The predicted molar refractivity (Wildman–Crippen MR) is 95.2 cm³/mol. The number of carbonyl (C=O) groups is 1. The Labute approximate surface area is 138 Å². The van der Waals surface area contributed by atoms with Crippen LogP contribution in [0.2, 0.25) is 0 Å². The van der Waals surface area contributed by atoms with Crippen LogP contribution >= 0.6 is 0 Å². The average molecular weight is 311 g/mol. The van der Waals surface area contributed by atoms with Crippen molar-refractivity contribution in [3.05, 3.63) is 58.7 Å². The van der Waals surface area contributed by atoms with Gasteiger partial charge in [-0.1, -0.05) is 37.3 Å². The molecule has 0 aliphatic rings. The number of carbonyl (C=O) groups excluding carboxylic acids is 1. The van der Waals surface area contributed by atoms with Gasteiger partial charge in [-0.2, -0.15) is 0 Å². The molecule has 0 aromatic heterocycles. The van der Waals surface area contributed by atoms with Crippen LogP contribution in [0.3, 0.4) is 0 Å². The van der Waals surface area contributed by atoms with Gasteiger partial charge in [-0.15, -0.1) is 0 Å². The number of hydrogen-bond acceptors (Lipinski definition) is 2. The van der Waals surface area contributed by atoms with Crippen molar-refractivity contribution in [2.24, 2.45) is 0 Å². The summed E-state index contributed by atoms with van der Waals surface area (Å²) in [4.78, 5) is 12.6. The molecule has 0 bridgehead atoms. The molecule has 2 aromatic rings. The molecule has 2 aromatic carbocycles. The molecule has 122 valence electrons. The molecule has 3 heteroatoms. The number of anilines is 1. The lowest BCUT2D eigenvalue weighted by Crippen LogP contribution is -2.33. The Morgan fingerprint density at radius 3 is 2.17 bits per heavy atom. The molecule has 1 N–H and O–H groups in total. The van der Waals surface area contributed by atoms with E-state index in [4.69, 9.17) is 4.74 Å². The van der Waals surface area contributed by atoms with E-state index in [9.17, 15) is 4.79 Å². The summed E-state index contributed by atoms with van der Waals surface area (Å²) in [6.45, 7) is 10.0. The maximum absolute atomic E-state index is 12.6. The minimum Gasteiger partial charge on any atom is -0.480 e. The number of hydrogen-bond donors (Lipinski definition) is 1. The summed E-state index contributed by atoms with van der Waals surface area (Å²) in [5.41, 5.74) is 5.22. The number of ether oxygens (including phenoxy) is 1. The van der Waals surface area contributed by atoms with E-state index in [1.54, 1.807) is 0 Å². The predicted octanol–water partition coefficient (Wildman–Crippen LogP) is 4.72. The quantitative estimate of drug-likeness (QED) is 0.868. The van der Waals surface area contributed by atoms with Gasteiger partial charge in [0.1, 0.15) is 5.75 Å². The van der Waals surface area contributed by atoms with E-state index in [1.165, 1.54) is 0 Å². The molecule has 23 heavy (non-hydrogen) atoms. The third-order valence-corrected chi connectivity index (χ3v) is 4.22. The van der Waals surface area contributed by atoms with Crippen LogP contribution in [0, 0.1) is 27.7 Å². The van der Waals surface area contributed by atoms with E-state index in [0.29, 0.717) is 6.42 Å². The second-order valence-corrected chi connectivity index (χ2v) is 5.97. The van der Waals surface area contributed by atoms with Crippen LogP contribution in [0.4, 0.5) is 5.69 Å². The molecule has 0 aliphatic heterocycles. The van der Waals surface area contributed by atoms with E-state index in [2.05, 4.69) is 5.32 Å². The van der Waals surface area contributed by atoms with Crippen molar-refractivity contribution < 1.29 is 9.53 Å². The van der Waals surface area contributed by atoms with Crippen molar-refractivity contribution in [3.63, 3.8) is 0 Å². The molecule has 0 aliphatic carbocycles. The van der Waals surface area contributed by atoms with Crippen LogP contribution in [-0.4, -0.2) is 12.0 Å². The van der Waals surface area contributed by atoms with Crippen molar-refractivity contribution in [1.29, 1.82) is 0 Å². The summed E-state index contributed by atoms with van der Waals surface area (Å²) in [6.07, 6.45) is 0.110. The van der Waals surface area contributed by atoms with Crippen LogP contribution in [0.15, 0.2) is 36.4 Å². The number of benzene rings is 2. The minimum absolute atomic E-state index is 0.106. The Hall–Kier alpha value is -2.29. The highest BCUT2D eigenvalue weighted by Crippen LogP contribution is 2.24. The van der Waals surface area contributed by atoms with E-state index < -0.39 is 6.10 Å². The molecule has 0 saturated carbocycles. The highest BCUT2D eigenvalue weighted by molar-refractivity contribution is 5.95. The average Bonchev–Trinajstić information content (AvgIpc) is 2.52. The zero-order valence-corrected chi connectivity index (χ0v) is 14.6. The third kappa shape index (κ3) is 3.92. The highest BCUT2D eigenvalue weighted by atomic mass is 16.5. The fourth-order valence-corrected chi connectivity index (χ4v) is 2.54. The fraction of sp³-hybridized carbons (Fsp3) is 0.350. The molecule has 1 amide bonds. The lowest BCUT2D eigenvalue weighted by atomic mass is 10.1. The van der Waals surface area contributed by atoms with E-state index >= 15 is 0 Å². The zero-order chi connectivity index (χ0) is 17.0. The van der Waals surface area contributed by atoms with Gasteiger partial charge in [0.15, 0.2) is 6.10 Å². The summed E-state index contributed by atoms with van der Waals surface area (Å²) in [5.74, 6) is 0.666. The smallest absolute Gasteiger partial charge is 0.265 e. The van der Waals surface area contributed by atoms with Crippen molar-refractivity contribution >= 4 is 11.6 Å². The first-order chi connectivity index (χ1) is 10.9. The lowest BCUT2D eigenvalue weighted by Gasteiger charge is -2.20. The number of rotatable bonds is 5. The summed E-state index contributed by atoms with van der Waals surface area (Å²) in [6, 6.07) is 11.9. The van der Waals surface area contributed by atoms with Gasteiger partial charge >= 0.3 is 0 Å². The normalized spacial score (nSPS) is 11.9. The number of aryl methyl sites for hydroxylation is 3. The fourth-order valence-electron chi connectivity index (χ4n) is 2.54. The maximum Gasteiger partial charge on any atom is 0.265 e. The Morgan fingerprint density at radius 2 is 1.57 bits per heavy atom.